The lowest BCUT2D eigenvalue weighted by Crippen LogP contribution is -2.06. The van der Waals surface area contributed by atoms with Crippen molar-refractivity contribution in [1.29, 1.82) is 0 Å². The highest BCUT2D eigenvalue weighted by Gasteiger charge is 2.15. The number of hydrogen-bond acceptors (Lipinski definition) is 1. The van der Waals surface area contributed by atoms with E-state index in [1.807, 2.05) is 6.07 Å². The molecule has 0 unspecified atom stereocenters. The Hall–Kier alpha value is -0.760. The Labute approximate surface area is 92.6 Å². The van der Waals surface area contributed by atoms with Gasteiger partial charge in [-0.15, -0.1) is 0 Å². The highest BCUT2D eigenvalue weighted by atomic mass is 79.9. The number of aliphatic hydroxyl groups is 1. The van der Waals surface area contributed by atoms with Gasteiger partial charge in [0.25, 0.3) is 0 Å². The third-order valence-electron chi connectivity index (χ3n) is 2.74. The molecule has 0 fully saturated rings. The number of aliphatic hydroxyl groups excluding tert-OH is 1. The number of benzene rings is 1. The van der Waals surface area contributed by atoms with Crippen molar-refractivity contribution in [1.82, 2.24) is 0 Å². The molecule has 1 aliphatic rings. The second kappa shape index (κ2) is 3.77. The van der Waals surface area contributed by atoms with Crippen LogP contribution in [0.25, 0.3) is 5.76 Å². The van der Waals surface area contributed by atoms with Crippen molar-refractivity contribution in [2.75, 3.05) is 0 Å². The Morgan fingerprint density at radius 1 is 1.29 bits per heavy atom. The van der Waals surface area contributed by atoms with E-state index in [4.69, 9.17) is 0 Å². The number of aryl methyl sites for hydroxylation is 1. The zero-order chi connectivity index (χ0) is 10.1. The number of halogens is 1. The van der Waals surface area contributed by atoms with E-state index in [9.17, 15) is 5.11 Å². The molecule has 0 heterocycles. The average Bonchev–Trinajstić information content (AvgIpc) is 2.16. The molecular formula is C12H13BrO. The molecule has 1 aliphatic carbocycles. The van der Waals surface area contributed by atoms with Crippen LogP contribution in [0.4, 0.5) is 0 Å². The quantitative estimate of drug-likeness (QED) is 0.753. The lowest BCUT2D eigenvalue weighted by Gasteiger charge is -2.19. The van der Waals surface area contributed by atoms with Gasteiger partial charge in [-0.1, -0.05) is 22.5 Å². The third-order valence-corrected chi connectivity index (χ3v) is 3.20. The van der Waals surface area contributed by atoms with Gasteiger partial charge in [0.15, 0.2) is 0 Å². The molecule has 2 heteroatoms. The lowest BCUT2D eigenvalue weighted by atomic mass is 9.88. The molecule has 1 aromatic rings. The predicted octanol–water partition coefficient (Wildman–Crippen LogP) is 3.86. The normalized spacial score (nSPS) is 14.9. The number of rotatable bonds is 1. The molecule has 0 bridgehead atoms. The van der Waals surface area contributed by atoms with Crippen LogP contribution in [-0.2, 0) is 12.8 Å². The van der Waals surface area contributed by atoms with Gasteiger partial charge in [-0.25, -0.2) is 0 Å². The van der Waals surface area contributed by atoms with Crippen molar-refractivity contribution < 1.29 is 5.11 Å². The molecule has 0 radical (unpaired) electrons. The molecule has 14 heavy (non-hydrogen) atoms. The van der Waals surface area contributed by atoms with Gasteiger partial charge in [0.1, 0.15) is 5.76 Å². The summed E-state index contributed by atoms with van der Waals surface area (Å²) < 4.78 is 1.03. The number of fused-ring (bicyclic) bond motifs is 1. The summed E-state index contributed by atoms with van der Waals surface area (Å²) in [6.07, 6.45) is 4.66. The number of hydrogen-bond donors (Lipinski definition) is 1. The molecule has 0 aromatic heterocycles. The van der Waals surface area contributed by atoms with Gasteiger partial charge >= 0.3 is 0 Å². The lowest BCUT2D eigenvalue weighted by molar-refractivity contribution is 0.511. The summed E-state index contributed by atoms with van der Waals surface area (Å²) in [7, 11) is 0. The molecule has 0 spiro atoms. The van der Waals surface area contributed by atoms with E-state index < -0.39 is 0 Å². The first-order chi connectivity index (χ1) is 6.68. The first-order valence-corrected chi connectivity index (χ1v) is 5.67. The van der Waals surface area contributed by atoms with Crippen molar-refractivity contribution in [3.05, 3.63) is 39.9 Å². The van der Waals surface area contributed by atoms with E-state index in [-0.39, 0.29) is 5.76 Å². The van der Waals surface area contributed by atoms with Crippen LogP contribution < -0.4 is 0 Å². The Morgan fingerprint density at radius 3 is 2.71 bits per heavy atom. The maximum Gasteiger partial charge on any atom is 0.115 e. The molecule has 0 saturated heterocycles. The minimum atomic E-state index is 0.185. The van der Waals surface area contributed by atoms with Gasteiger partial charge in [0, 0.05) is 10.0 Å². The fourth-order valence-electron chi connectivity index (χ4n) is 2.09. The molecule has 0 atom stereocenters. The monoisotopic (exact) mass is 252 g/mol. The zero-order valence-corrected chi connectivity index (χ0v) is 9.60. The standard InChI is InChI=1S/C12H13BrO/c1-8(14)12-7-10(13)6-9-4-2-3-5-11(9)12/h6-7,14H,1-5H2. The van der Waals surface area contributed by atoms with Gasteiger partial charge in [-0.2, -0.15) is 0 Å². The van der Waals surface area contributed by atoms with E-state index >= 15 is 0 Å². The SMILES string of the molecule is C=C(O)c1cc(Br)cc2c1CCCC2. The maximum absolute atomic E-state index is 9.49. The third kappa shape index (κ3) is 1.71. The van der Waals surface area contributed by atoms with E-state index in [2.05, 4.69) is 28.6 Å². The second-order valence-corrected chi connectivity index (χ2v) is 4.66. The summed E-state index contributed by atoms with van der Waals surface area (Å²) in [6, 6.07) is 4.10. The zero-order valence-electron chi connectivity index (χ0n) is 8.02. The van der Waals surface area contributed by atoms with Crippen LogP contribution in [-0.4, -0.2) is 5.11 Å². The van der Waals surface area contributed by atoms with Crippen molar-refractivity contribution in [3.8, 4) is 0 Å². The summed E-state index contributed by atoms with van der Waals surface area (Å²) in [5.74, 6) is 0.185. The predicted molar refractivity (Wildman–Crippen MR) is 62.4 cm³/mol. The van der Waals surface area contributed by atoms with Crippen LogP contribution >= 0.6 is 15.9 Å². The summed E-state index contributed by atoms with van der Waals surface area (Å²) in [4.78, 5) is 0. The summed E-state index contributed by atoms with van der Waals surface area (Å²) in [5.41, 5.74) is 3.55. The van der Waals surface area contributed by atoms with E-state index in [0.29, 0.717) is 0 Å². The van der Waals surface area contributed by atoms with Gasteiger partial charge < -0.3 is 5.11 Å². The van der Waals surface area contributed by atoms with Crippen molar-refractivity contribution in [3.63, 3.8) is 0 Å². The topological polar surface area (TPSA) is 20.2 Å². The van der Waals surface area contributed by atoms with Crippen LogP contribution in [0.5, 0.6) is 0 Å². The molecule has 1 aromatic carbocycles. The van der Waals surface area contributed by atoms with Gasteiger partial charge in [-0.3, -0.25) is 0 Å². The maximum atomic E-state index is 9.49. The first-order valence-electron chi connectivity index (χ1n) is 4.88. The van der Waals surface area contributed by atoms with Crippen molar-refractivity contribution >= 4 is 21.7 Å². The highest BCUT2D eigenvalue weighted by molar-refractivity contribution is 9.10. The fraction of sp³-hybridized carbons (Fsp3) is 0.333. The minimum absolute atomic E-state index is 0.185. The first kappa shape index (κ1) is 9.78. The van der Waals surface area contributed by atoms with Gasteiger partial charge in [0.05, 0.1) is 0 Å². The van der Waals surface area contributed by atoms with Crippen LogP contribution in [0.2, 0.25) is 0 Å². The van der Waals surface area contributed by atoms with Crippen molar-refractivity contribution in [2.24, 2.45) is 0 Å². The summed E-state index contributed by atoms with van der Waals surface area (Å²) in [6.45, 7) is 3.61. The second-order valence-electron chi connectivity index (χ2n) is 3.74. The molecule has 1 nitrogen and oxygen atoms in total. The largest absolute Gasteiger partial charge is 0.508 e. The van der Waals surface area contributed by atoms with E-state index in [0.717, 1.165) is 22.9 Å². The fourth-order valence-corrected chi connectivity index (χ4v) is 2.59. The Bertz CT molecular complexity index is 382. The van der Waals surface area contributed by atoms with Crippen LogP contribution in [0.3, 0.4) is 0 Å². The highest BCUT2D eigenvalue weighted by Crippen LogP contribution is 2.30. The van der Waals surface area contributed by atoms with Crippen molar-refractivity contribution in [2.45, 2.75) is 25.7 Å². The molecule has 74 valence electrons. The molecule has 2 rings (SSSR count). The van der Waals surface area contributed by atoms with Crippen LogP contribution in [0.1, 0.15) is 29.5 Å². The Morgan fingerprint density at radius 2 is 2.00 bits per heavy atom. The minimum Gasteiger partial charge on any atom is -0.508 e. The average molecular weight is 253 g/mol. The summed E-state index contributed by atoms with van der Waals surface area (Å²) in [5, 5.41) is 9.49. The summed E-state index contributed by atoms with van der Waals surface area (Å²) >= 11 is 3.46. The van der Waals surface area contributed by atoms with Crippen LogP contribution in [0, 0.1) is 0 Å². The molecule has 0 saturated carbocycles. The Balaban J connectivity index is 2.58. The molecule has 1 N–H and O–H groups in total. The smallest absolute Gasteiger partial charge is 0.115 e. The van der Waals surface area contributed by atoms with E-state index in [1.54, 1.807) is 0 Å². The molecule has 0 amide bonds. The molecular weight excluding hydrogens is 240 g/mol. The Kier molecular flexibility index (Phi) is 2.64. The van der Waals surface area contributed by atoms with Gasteiger partial charge in [0.2, 0.25) is 0 Å². The van der Waals surface area contributed by atoms with E-state index in [1.165, 1.54) is 24.0 Å². The van der Waals surface area contributed by atoms with Gasteiger partial charge in [-0.05, 0) is 48.9 Å². The molecule has 0 aliphatic heterocycles. The van der Waals surface area contributed by atoms with Crippen LogP contribution in [0.15, 0.2) is 23.2 Å².